The molecule has 2 aromatic carbocycles. The predicted molar refractivity (Wildman–Crippen MR) is 92.4 cm³/mol. The zero-order valence-electron chi connectivity index (χ0n) is 14.0. The maximum absolute atomic E-state index is 13.0. The molecule has 0 heterocycles. The Morgan fingerprint density at radius 2 is 1.96 bits per heavy atom. The van der Waals surface area contributed by atoms with Gasteiger partial charge in [0.2, 0.25) is 0 Å². The molecule has 0 fully saturated rings. The largest absolute Gasteiger partial charge is 0.478 e. The van der Waals surface area contributed by atoms with Crippen LogP contribution in [0.1, 0.15) is 56.8 Å². The summed E-state index contributed by atoms with van der Waals surface area (Å²) in [6.07, 6.45) is 1.71. The number of carbonyl (C=O) groups excluding carboxylic acids is 1. The van der Waals surface area contributed by atoms with Crippen LogP contribution in [0.15, 0.2) is 42.5 Å². The Morgan fingerprint density at radius 3 is 2.62 bits per heavy atom. The van der Waals surface area contributed by atoms with Crippen molar-refractivity contribution in [2.75, 3.05) is 6.54 Å². The lowest BCUT2D eigenvalue weighted by atomic mass is 10.0. The van der Waals surface area contributed by atoms with Crippen molar-refractivity contribution >= 4 is 11.9 Å². The lowest BCUT2D eigenvalue weighted by Crippen LogP contribution is -2.34. The molecular weight excluding hydrogens is 302 g/mol. The molecule has 124 valence electrons. The van der Waals surface area contributed by atoms with Crippen LogP contribution >= 0.6 is 0 Å². The van der Waals surface area contributed by atoms with E-state index in [4.69, 9.17) is 0 Å². The first kappa shape index (κ1) is 16.2. The lowest BCUT2D eigenvalue weighted by molar-refractivity contribution is 0.0686. The molecule has 24 heavy (non-hydrogen) atoms. The summed E-state index contributed by atoms with van der Waals surface area (Å²) in [5.41, 5.74) is 4.06. The van der Waals surface area contributed by atoms with Crippen molar-refractivity contribution in [3.8, 4) is 0 Å². The van der Waals surface area contributed by atoms with Crippen molar-refractivity contribution < 1.29 is 14.7 Å². The minimum Gasteiger partial charge on any atom is -0.478 e. The highest BCUT2D eigenvalue weighted by Crippen LogP contribution is 2.37. The van der Waals surface area contributed by atoms with Gasteiger partial charge >= 0.3 is 5.97 Å². The van der Waals surface area contributed by atoms with Crippen LogP contribution in [0.25, 0.3) is 0 Å². The fourth-order valence-corrected chi connectivity index (χ4v) is 3.51. The molecule has 3 rings (SSSR count). The molecule has 2 aromatic rings. The Morgan fingerprint density at radius 1 is 1.21 bits per heavy atom. The third-order valence-electron chi connectivity index (χ3n) is 4.79. The highest BCUT2D eigenvalue weighted by molar-refractivity contribution is 5.96. The van der Waals surface area contributed by atoms with E-state index in [-0.39, 0.29) is 17.5 Å². The van der Waals surface area contributed by atoms with Crippen LogP contribution in [0, 0.1) is 6.92 Å². The lowest BCUT2D eigenvalue weighted by Gasteiger charge is -2.29. The normalized spacial score (nSPS) is 15.8. The highest BCUT2D eigenvalue weighted by atomic mass is 16.4. The molecule has 4 heteroatoms. The van der Waals surface area contributed by atoms with E-state index < -0.39 is 5.97 Å². The third-order valence-corrected chi connectivity index (χ3v) is 4.79. The first-order chi connectivity index (χ1) is 11.5. The molecule has 0 radical (unpaired) electrons. The number of benzene rings is 2. The van der Waals surface area contributed by atoms with Gasteiger partial charge in [0.1, 0.15) is 0 Å². The third kappa shape index (κ3) is 2.80. The molecule has 0 saturated carbocycles. The second-order valence-electron chi connectivity index (χ2n) is 6.18. The quantitative estimate of drug-likeness (QED) is 0.930. The first-order valence-electron chi connectivity index (χ1n) is 8.25. The smallest absolute Gasteiger partial charge is 0.335 e. The van der Waals surface area contributed by atoms with E-state index in [9.17, 15) is 14.7 Å². The van der Waals surface area contributed by atoms with Crippen LogP contribution in [0.4, 0.5) is 0 Å². The average molecular weight is 323 g/mol. The molecule has 0 saturated heterocycles. The summed E-state index contributed by atoms with van der Waals surface area (Å²) in [5.74, 6) is -0.925. The summed E-state index contributed by atoms with van der Waals surface area (Å²) >= 11 is 0. The maximum Gasteiger partial charge on any atom is 0.335 e. The Bertz CT molecular complexity index is 797. The number of carboxylic acid groups (broad SMARTS) is 1. The highest BCUT2D eigenvalue weighted by Gasteiger charge is 2.31. The van der Waals surface area contributed by atoms with Crippen molar-refractivity contribution in [1.82, 2.24) is 4.90 Å². The average Bonchev–Trinajstić information content (AvgIpc) is 2.99. The van der Waals surface area contributed by atoms with Gasteiger partial charge in [-0.15, -0.1) is 0 Å². The summed E-state index contributed by atoms with van der Waals surface area (Å²) in [6.45, 7) is 4.50. The van der Waals surface area contributed by atoms with Gasteiger partial charge < -0.3 is 10.0 Å². The number of fused-ring (bicyclic) bond motifs is 1. The molecule has 1 N–H and O–H groups in total. The fourth-order valence-electron chi connectivity index (χ4n) is 3.51. The number of rotatable bonds is 4. The molecule has 1 aliphatic carbocycles. The van der Waals surface area contributed by atoms with E-state index in [0.717, 1.165) is 29.5 Å². The van der Waals surface area contributed by atoms with Crippen molar-refractivity contribution in [3.63, 3.8) is 0 Å². The second-order valence-corrected chi connectivity index (χ2v) is 6.18. The van der Waals surface area contributed by atoms with Gasteiger partial charge in [0.25, 0.3) is 5.91 Å². The number of carboxylic acids is 1. The molecule has 1 aliphatic rings. The van der Waals surface area contributed by atoms with E-state index in [1.165, 1.54) is 0 Å². The summed E-state index contributed by atoms with van der Waals surface area (Å²) in [7, 11) is 0. The maximum atomic E-state index is 13.0. The Balaban J connectivity index is 1.97. The topological polar surface area (TPSA) is 57.6 Å². The zero-order chi connectivity index (χ0) is 17.3. The van der Waals surface area contributed by atoms with Gasteiger partial charge in [-0.25, -0.2) is 4.79 Å². The monoisotopic (exact) mass is 323 g/mol. The molecule has 1 atom stereocenters. The van der Waals surface area contributed by atoms with Crippen molar-refractivity contribution in [3.05, 3.63) is 70.3 Å². The van der Waals surface area contributed by atoms with Crippen molar-refractivity contribution in [2.45, 2.75) is 32.7 Å². The Kier molecular flexibility index (Phi) is 4.38. The van der Waals surface area contributed by atoms with Crippen LogP contribution < -0.4 is 0 Å². The van der Waals surface area contributed by atoms with E-state index in [1.54, 1.807) is 12.1 Å². The standard InChI is InChI=1S/C20H21NO3/c1-3-21(19(22)16-7-5-4-6-13(16)2)18-11-10-14-8-9-15(20(23)24)12-17(14)18/h4-9,12,18H,3,10-11H2,1-2H3,(H,23,24)/t18-/m1/s1. The molecule has 0 aromatic heterocycles. The fraction of sp³-hybridized carbons (Fsp3) is 0.300. The summed E-state index contributed by atoms with van der Waals surface area (Å²) < 4.78 is 0. The molecule has 1 amide bonds. The predicted octanol–water partition coefficient (Wildman–Crippen LogP) is 3.84. The van der Waals surface area contributed by atoms with Crippen LogP contribution in [-0.4, -0.2) is 28.4 Å². The number of aryl methyl sites for hydroxylation is 2. The Hall–Kier alpha value is -2.62. The van der Waals surface area contributed by atoms with Gasteiger partial charge in [0, 0.05) is 12.1 Å². The summed E-state index contributed by atoms with van der Waals surface area (Å²) in [6, 6.07) is 12.8. The van der Waals surface area contributed by atoms with Crippen LogP contribution in [0.5, 0.6) is 0 Å². The van der Waals surface area contributed by atoms with Gasteiger partial charge in [-0.1, -0.05) is 24.3 Å². The van der Waals surface area contributed by atoms with Gasteiger partial charge in [0.15, 0.2) is 0 Å². The van der Waals surface area contributed by atoms with Gasteiger partial charge in [-0.3, -0.25) is 4.79 Å². The van der Waals surface area contributed by atoms with Crippen LogP contribution in [-0.2, 0) is 6.42 Å². The van der Waals surface area contributed by atoms with Crippen LogP contribution in [0.2, 0.25) is 0 Å². The van der Waals surface area contributed by atoms with Gasteiger partial charge in [-0.2, -0.15) is 0 Å². The summed E-state index contributed by atoms with van der Waals surface area (Å²) in [4.78, 5) is 26.1. The summed E-state index contributed by atoms with van der Waals surface area (Å²) in [5, 5.41) is 9.24. The number of amides is 1. The van der Waals surface area contributed by atoms with Crippen molar-refractivity contribution in [2.24, 2.45) is 0 Å². The number of carbonyl (C=O) groups is 2. The van der Waals surface area contributed by atoms with E-state index in [2.05, 4.69) is 0 Å². The Labute approximate surface area is 141 Å². The molecule has 0 unspecified atom stereocenters. The number of hydrogen-bond donors (Lipinski definition) is 1. The molecular formula is C20H21NO3. The molecule has 0 bridgehead atoms. The van der Waals surface area contributed by atoms with Crippen LogP contribution in [0.3, 0.4) is 0 Å². The van der Waals surface area contributed by atoms with E-state index >= 15 is 0 Å². The second kappa shape index (κ2) is 6.48. The minimum atomic E-state index is -0.934. The zero-order valence-corrected chi connectivity index (χ0v) is 14.0. The SMILES string of the molecule is CCN(C(=O)c1ccccc1C)[C@@H]1CCc2ccc(C(=O)O)cc21. The molecule has 0 spiro atoms. The van der Waals surface area contributed by atoms with E-state index in [0.29, 0.717) is 12.1 Å². The minimum absolute atomic E-state index is 0.00850. The number of aromatic carboxylic acids is 1. The van der Waals surface area contributed by atoms with E-state index in [1.807, 2.05) is 49.1 Å². The van der Waals surface area contributed by atoms with Gasteiger partial charge in [-0.05, 0) is 61.6 Å². The first-order valence-corrected chi connectivity index (χ1v) is 8.25. The van der Waals surface area contributed by atoms with Crippen molar-refractivity contribution in [1.29, 1.82) is 0 Å². The number of hydrogen-bond acceptors (Lipinski definition) is 2. The molecule has 0 aliphatic heterocycles. The number of nitrogens with zero attached hydrogens (tertiary/aromatic N) is 1. The molecule has 4 nitrogen and oxygen atoms in total. The van der Waals surface area contributed by atoms with Gasteiger partial charge in [0.05, 0.1) is 11.6 Å².